The standard InChI is InChI=1S/C18H17FN4O2S2/c1-2-25-14-9-7-13(8-10-14)20-16(24)21-17-22-23-18(27-17)26-11-12-5-3-4-6-15(12)19/h3-10H,2,11H2,1H3,(H2,20,21,22,24). The fourth-order valence-corrected chi connectivity index (χ4v) is 3.87. The first-order valence-electron chi connectivity index (χ1n) is 8.14. The molecule has 2 N–H and O–H groups in total. The van der Waals surface area contributed by atoms with Crippen LogP contribution in [0.25, 0.3) is 0 Å². The quantitative estimate of drug-likeness (QED) is 0.427. The second-order valence-corrected chi connectivity index (χ2v) is 7.49. The molecule has 0 radical (unpaired) electrons. The molecule has 0 saturated carbocycles. The van der Waals surface area contributed by atoms with E-state index in [1.165, 1.54) is 29.2 Å². The SMILES string of the molecule is CCOc1ccc(NC(=O)Nc2nnc(SCc3ccccc3F)s2)cc1. The van der Waals surface area contributed by atoms with Crippen LogP contribution in [-0.2, 0) is 5.75 Å². The third-order valence-electron chi connectivity index (χ3n) is 3.36. The van der Waals surface area contributed by atoms with Crippen molar-refractivity contribution >= 4 is 39.9 Å². The average molecular weight is 404 g/mol. The number of anilines is 2. The van der Waals surface area contributed by atoms with Gasteiger partial charge < -0.3 is 10.1 Å². The Labute approximate surface area is 164 Å². The number of ether oxygens (including phenoxy) is 1. The lowest BCUT2D eigenvalue weighted by Crippen LogP contribution is -2.19. The van der Waals surface area contributed by atoms with E-state index >= 15 is 0 Å². The molecule has 1 heterocycles. The fraction of sp³-hybridized carbons (Fsp3) is 0.167. The van der Waals surface area contributed by atoms with Crippen LogP contribution in [0.3, 0.4) is 0 Å². The van der Waals surface area contributed by atoms with Crippen LogP contribution in [0.1, 0.15) is 12.5 Å². The number of halogens is 1. The molecule has 1 aromatic heterocycles. The number of amides is 2. The highest BCUT2D eigenvalue weighted by molar-refractivity contribution is 8.00. The Morgan fingerprint density at radius 3 is 2.67 bits per heavy atom. The molecule has 9 heteroatoms. The van der Waals surface area contributed by atoms with Crippen molar-refractivity contribution in [3.8, 4) is 5.75 Å². The van der Waals surface area contributed by atoms with Crippen LogP contribution >= 0.6 is 23.1 Å². The highest BCUT2D eigenvalue weighted by atomic mass is 32.2. The Morgan fingerprint density at radius 2 is 1.93 bits per heavy atom. The van der Waals surface area contributed by atoms with Crippen LogP contribution in [0.5, 0.6) is 5.75 Å². The molecule has 27 heavy (non-hydrogen) atoms. The van der Waals surface area contributed by atoms with Crippen LogP contribution in [0, 0.1) is 5.82 Å². The number of nitrogens with zero attached hydrogens (tertiary/aromatic N) is 2. The summed E-state index contributed by atoms with van der Waals surface area (Å²) in [5.74, 6) is 0.936. The molecule has 140 valence electrons. The van der Waals surface area contributed by atoms with Gasteiger partial charge in [-0.2, -0.15) is 0 Å². The maximum Gasteiger partial charge on any atom is 0.325 e. The van der Waals surface area contributed by atoms with Crippen LogP contribution in [0.15, 0.2) is 52.9 Å². The van der Waals surface area contributed by atoms with Crippen molar-refractivity contribution in [1.82, 2.24) is 10.2 Å². The van der Waals surface area contributed by atoms with Crippen LogP contribution in [0.2, 0.25) is 0 Å². The molecule has 0 spiro atoms. The van der Waals surface area contributed by atoms with Gasteiger partial charge in [0.2, 0.25) is 5.13 Å². The first-order valence-corrected chi connectivity index (χ1v) is 9.95. The summed E-state index contributed by atoms with van der Waals surface area (Å²) >= 11 is 2.60. The summed E-state index contributed by atoms with van der Waals surface area (Å²) in [4.78, 5) is 12.1. The van der Waals surface area contributed by atoms with Gasteiger partial charge in [-0.3, -0.25) is 5.32 Å². The second kappa shape index (κ2) is 9.33. The first-order chi connectivity index (χ1) is 13.1. The molecule has 6 nitrogen and oxygen atoms in total. The van der Waals surface area contributed by atoms with E-state index in [4.69, 9.17) is 4.74 Å². The Morgan fingerprint density at radius 1 is 1.15 bits per heavy atom. The van der Waals surface area contributed by atoms with Crippen molar-refractivity contribution in [2.75, 3.05) is 17.2 Å². The summed E-state index contributed by atoms with van der Waals surface area (Å²) < 4.78 is 19.6. The van der Waals surface area contributed by atoms with E-state index in [2.05, 4.69) is 20.8 Å². The summed E-state index contributed by atoms with van der Waals surface area (Å²) in [6.45, 7) is 2.49. The minimum atomic E-state index is -0.416. The van der Waals surface area contributed by atoms with E-state index in [-0.39, 0.29) is 5.82 Å². The molecule has 2 aromatic carbocycles. The van der Waals surface area contributed by atoms with Gasteiger partial charge in [0.05, 0.1) is 6.61 Å². The number of urea groups is 1. The van der Waals surface area contributed by atoms with Crippen molar-refractivity contribution in [2.45, 2.75) is 17.0 Å². The van der Waals surface area contributed by atoms with Gasteiger partial charge in [0.1, 0.15) is 11.6 Å². The van der Waals surface area contributed by atoms with Gasteiger partial charge in [0.25, 0.3) is 0 Å². The number of aromatic nitrogens is 2. The van der Waals surface area contributed by atoms with Crippen molar-refractivity contribution < 1.29 is 13.9 Å². The van der Waals surface area contributed by atoms with Gasteiger partial charge in [-0.05, 0) is 42.8 Å². The number of carbonyl (C=O) groups is 1. The van der Waals surface area contributed by atoms with E-state index in [1.54, 1.807) is 42.5 Å². The molecule has 0 saturated heterocycles. The molecular formula is C18H17FN4O2S2. The lowest BCUT2D eigenvalue weighted by Gasteiger charge is -2.06. The van der Waals surface area contributed by atoms with Gasteiger partial charge in [0.15, 0.2) is 4.34 Å². The average Bonchev–Trinajstić information content (AvgIpc) is 3.10. The number of thioether (sulfide) groups is 1. The molecule has 0 aliphatic carbocycles. The third kappa shape index (κ3) is 5.66. The zero-order valence-corrected chi connectivity index (χ0v) is 16.1. The minimum absolute atomic E-state index is 0.248. The van der Waals surface area contributed by atoms with E-state index < -0.39 is 6.03 Å². The number of benzene rings is 2. The Balaban J connectivity index is 1.51. The number of rotatable bonds is 7. The van der Waals surface area contributed by atoms with E-state index in [1.807, 2.05) is 6.92 Å². The lowest BCUT2D eigenvalue weighted by molar-refractivity contribution is 0.262. The Bertz CT molecular complexity index is 902. The van der Waals surface area contributed by atoms with Gasteiger partial charge >= 0.3 is 6.03 Å². The van der Waals surface area contributed by atoms with Crippen molar-refractivity contribution in [2.24, 2.45) is 0 Å². The van der Waals surface area contributed by atoms with Crippen LogP contribution < -0.4 is 15.4 Å². The second-order valence-electron chi connectivity index (χ2n) is 5.29. The summed E-state index contributed by atoms with van der Waals surface area (Å²) in [5, 5.41) is 13.7. The normalized spacial score (nSPS) is 10.4. The van der Waals surface area contributed by atoms with E-state index in [9.17, 15) is 9.18 Å². The molecule has 0 atom stereocenters. The molecule has 2 amide bonds. The zero-order chi connectivity index (χ0) is 19.1. The molecule has 0 aliphatic rings. The predicted molar refractivity (Wildman–Crippen MR) is 106 cm³/mol. The third-order valence-corrected chi connectivity index (χ3v) is 5.38. The van der Waals surface area contributed by atoms with Crippen LogP contribution in [-0.4, -0.2) is 22.8 Å². The fourth-order valence-electron chi connectivity index (χ4n) is 2.13. The molecular weight excluding hydrogens is 387 g/mol. The smallest absolute Gasteiger partial charge is 0.325 e. The summed E-state index contributed by atoms with van der Waals surface area (Å²) in [6.07, 6.45) is 0. The van der Waals surface area contributed by atoms with Gasteiger partial charge in [-0.15, -0.1) is 10.2 Å². The molecule has 0 aliphatic heterocycles. The lowest BCUT2D eigenvalue weighted by atomic mass is 10.2. The largest absolute Gasteiger partial charge is 0.494 e. The number of nitrogens with one attached hydrogen (secondary N) is 2. The number of hydrogen-bond donors (Lipinski definition) is 2. The highest BCUT2D eigenvalue weighted by Crippen LogP contribution is 2.29. The minimum Gasteiger partial charge on any atom is -0.494 e. The number of hydrogen-bond acceptors (Lipinski definition) is 6. The number of carbonyl (C=O) groups excluding carboxylic acids is 1. The molecule has 3 rings (SSSR count). The maximum atomic E-state index is 13.6. The van der Waals surface area contributed by atoms with Crippen LogP contribution in [0.4, 0.5) is 20.0 Å². The summed E-state index contributed by atoms with van der Waals surface area (Å²) in [7, 11) is 0. The van der Waals surface area contributed by atoms with Gasteiger partial charge in [-0.25, -0.2) is 9.18 Å². The first kappa shape index (κ1) is 19.1. The van der Waals surface area contributed by atoms with Gasteiger partial charge in [-0.1, -0.05) is 41.3 Å². The molecule has 0 unspecified atom stereocenters. The van der Waals surface area contributed by atoms with E-state index in [0.717, 1.165) is 5.75 Å². The molecule has 0 bridgehead atoms. The molecule has 3 aromatic rings. The maximum absolute atomic E-state index is 13.6. The zero-order valence-electron chi connectivity index (χ0n) is 14.4. The van der Waals surface area contributed by atoms with E-state index in [0.29, 0.717) is 33.1 Å². The molecule has 0 fully saturated rings. The van der Waals surface area contributed by atoms with Crippen molar-refractivity contribution in [1.29, 1.82) is 0 Å². The Kier molecular flexibility index (Phi) is 6.61. The van der Waals surface area contributed by atoms with Crippen molar-refractivity contribution in [3.63, 3.8) is 0 Å². The highest BCUT2D eigenvalue weighted by Gasteiger charge is 2.10. The van der Waals surface area contributed by atoms with Gasteiger partial charge in [0, 0.05) is 11.4 Å². The summed E-state index contributed by atoms with van der Waals surface area (Å²) in [5.41, 5.74) is 1.23. The van der Waals surface area contributed by atoms with Crippen molar-refractivity contribution in [3.05, 3.63) is 59.9 Å². The Hall–Kier alpha value is -2.65. The topological polar surface area (TPSA) is 76.1 Å². The summed E-state index contributed by atoms with van der Waals surface area (Å²) in [6, 6.07) is 13.2. The monoisotopic (exact) mass is 404 g/mol. The predicted octanol–water partition coefficient (Wildman–Crippen LogP) is 5.01.